The van der Waals surface area contributed by atoms with Crippen molar-refractivity contribution in [3.05, 3.63) is 22.7 Å². The van der Waals surface area contributed by atoms with Crippen LogP contribution >= 0.6 is 24.0 Å². The first kappa shape index (κ1) is 19.8. The van der Waals surface area contributed by atoms with Crippen molar-refractivity contribution in [2.45, 2.75) is 0 Å². The van der Waals surface area contributed by atoms with E-state index >= 15 is 0 Å². The minimum atomic E-state index is -3.23. The number of benzene rings is 1. The molecule has 0 saturated carbocycles. The summed E-state index contributed by atoms with van der Waals surface area (Å²) in [7, 11) is -1.79. The van der Waals surface area contributed by atoms with Gasteiger partial charge >= 0.3 is 0 Å². The van der Waals surface area contributed by atoms with Crippen LogP contribution < -0.4 is 10.5 Å². The third-order valence-electron chi connectivity index (χ3n) is 3.54. The monoisotopic (exact) mass is 383 g/mol. The first-order valence-corrected chi connectivity index (χ1v) is 8.84. The average Bonchev–Trinajstić information content (AvgIpc) is 2.48. The lowest BCUT2D eigenvalue weighted by Gasteiger charge is -2.33. The summed E-state index contributed by atoms with van der Waals surface area (Å²) in [5, 5.41) is 0.277. The van der Waals surface area contributed by atoms with Crippen molar-refractivity contribution in [3.8, 4) is 5.75 Å². The molecule has 1 aliphatic heterocycles. The zero-order valence-electron chi connectivity index (χ0n) is 12.8. The molecule has 1 fully saturated rings. The van der Waals surface area contributed by atoms with Gasteiger partial charge in [-0.1, -0.05) is 11.6 Å². The van der Waals surface area contributed by atoms with Gasteiger partial charge in [-0.25, -0.2) is 8.42 Å². The van der Waals surface area contributed by atoms with Crippen molar-refractivity contribution in [1.29, 1.82) is 0 Å². The number of carbonyl (C=O) groups excluding carboxylic acids is 1. The molecule has 7 nitrogen and oxygen atoms in total. The van der Waals surface area contributed by atoms with Crippen molar-refractivity contribution in [2.75, 3.05) is 45.3 Å². The standard InChI is InChI=1S/C13H18ClN3O4S.ClH/c1-21-12-8-11(15)10(14)7-9(12)13(18)16-3-5-17(6-4-16)22(2,19)20;/h7-8H,3-6,15H2,1-2H3;1H. The molecule has 1 saturated heterocycles. The van der Waals surface area contributed by atoms with Gasteiger partial charge in [0.15, 0.2) is 0 Å². The lowest BCUT2D eigenvalue weighted by atomic mass is 10.1. The summed E-state index contributed by atoms with van der Waals surface area (Å²) < 4.78 is 29.5. The van der Waals surface area contributed by atoms with E-state index in [1.165, 1.54) is 23.5 Å². The number of piperazine rings is 1. The van der Waals surface area contributed by atoms with Crippen molar-refractivity contribution < 1.29 is 17.9 Å². The average molecular weight is 384 g/mol. The Morgan fingerprint density at radius 2 is 1.83 bits per heavy atom. The van der Waals surface area contributed by atoms with Crippen molar-refractivity contribution in [3.63, 3.8) is 0 Å². The Morgan fingerprint density at radius 1 is 1.26 bits per heavy atom. The molecule has 0 bridgehead atoms. The number of anilines is 1. The third kappa shape index (κ3) is 4.41. The van der Waals surface area contributed by atoms with Crippen LogP contribution in [0.4, 0.5) is 5.69 Å². The molecule has 1 heterocycles. The van der Waals surface area contributed by atoms with E-state index in [1.807, 2.05) is 0 Å². The summed E-state index contributed by atoms with van der Waals surface area (Å²) >= 11 is 5.97. The largest absolute Gasteiger partial charge is 0.496 e. The first-order valence-electron chi connectivity index (χ1n) is 6.61. The van der Waals surface area contributed by atoms with E-state index in [0.29, 0.717) is 30.1 Å². The third-order valence-corrected chi connectivity index (χ3v) is 5.17. The molecule has 0 aliphatic carbocycles. The highest BCUT2D eigenvalue weighted by atomic mass is 35.5. The summed E-state index contributed by atoms with van der Waals surface area (Å²) in [6, 6.07) is 2.98. The summed E-state index contributed by atoms with van der Waals surface area (Å²) in [5.74, 6) is 0.0874. The molecule has 0 atom stereocenters. The molecule has 2 N–H and O–H groups in total. The van der Waals surface area contributed by atoms with Gasteiger partial charge in [-0.2, -0.15) is 4.31 Å². The van der Waals surface area contributed by atoms with E-state index < -0.39 is 10.0 Å². The maximum absolute atomic E-state index is 12.6. The van der Waals surface area contributed by atoms with E-state index in [4.69, 9.17) is 22.1 Å². The fraction of sp³-hybridized carbons (Fsp3) is 0.462. The summed E-state index contributed by atoms with van der Waals surface area (Å²) in [5.41, 5.74) is 6.34. The minimum absolute atomic E-state index is 0. The SMILES string of the molecule is COc1cc(N)c(Cl)cc1C(=O)N1CCN(S(C)(=O)=O)CC1.Cl. The number of hydrogen-bond donors (Lipinski definition) is 1. The molecule has 1 amide bonds. The molecule has 23 heavy (non-hydrogen) atoms. The lowest BCUT2D eigenvalue weighted by molar-refractivity contribution is 0.0695. The van der Waals surface area contributed by atoms with Crippen molar-refractivity contribution in [1.82, 2.24) is 9.21 Å². The van der Waals surface area contributed by atoms with Crippen molar-refractivity contribution >= 4 is 45.6 Å². The number of ether oxygens (including phenoxy) is 1. The van der Waals surface area contributed by atoms with Gasteiger partial charge in [0.25, 0.3) is 5.91 Å². The quantitative estimate of drug-likeness (QED) is 0.787. The molecule has 1 aromatic rings. The molecule has 2 rings (SSSR count). The van der Waals surface area contributed by atoms with Crippen LogP contribution in [0.15, 0.2) is 12.1 Å². The Bertz CT molecular complexity index is 689. The van der Waals surface area contributed by atoms with E-state index in [-0.39, 0.29) is 36.4 Å². The Hall–Kier alpha value is -1.22. The number of nitrogen functional groups attached to an aromatic ring is 1. The van der Waals surface area contributed by atoms with Gasteiger partial charge in [-0.3, -0.25) is 4.79 Å². The minimum Gasteiger partial charge on any atom is -0.496 e. The highest BCUT2D eigenvalue weighted by molar-refractivity contribution is 7.88. The Labute approximate surface area is 146 Å². The van der Waals surface area contributed by atoms with Gasteiger partial charge in [0.1, 0.15) is 5.75 Å². The van der Waals surface area contributed by atoms with E-state index in [0.717, 1.165) is 6.26 Å². The molecule has 10 heteroatoms. The molecule has 1 aromatic carbocycles. The van der Waals surface area contributed by atoms with Gasteiger partial charge < -0.3 is 15.4 Å². The number of rotatable bonds is 3. The molecule has 1 aliphatic rings. The van der Waals surface area contributed by atoms with Crippen LogP contribution in [0.1, 0.15) is 10.4 Å². The second-order valence-electron chi connectivity index (χ2n) is 5.03. The fourth-order valence-electron chi connectivity index (χ4n) is 2.30. The number of halogens is 2. The van der Waals surface area contributed by atoms with E-state index in [1.54, 1.807) is 4.90 Å². The number of carbonyl (C=O) groups is 1. The van der Waals surface area contributed by atoms with Gasteiger partial charge in [0.2, 0.25) is 10.0 Å². The van der Waals surface area contributed by atoms with Crippen LogP contribution in [0.5, 0.6) is 5.75 Å². The Balaban J connectivity index is 0.00000264. The van der Waals surface area contributed by atoms with Gasteiger partial charge in [-0.15, -0.1) is 12.4 Å². The second kappa shape index (κ2) is 7.57. The van der Waals surface area contributed by atoms with E-state index in [9.17, 15) is 13.2 Å². The lowest BCUT2D eigenvalue weighted by Crippen LogP contribution is -2.50. The predicted molar refractivity (Wildman–Crippen MR) is 92.0 cm³/mol. The summed E-state index contributed by atoms with van der Waals surface area (Å²) in [6.07, 6.45) is 1.16. The number of hydrogen-bond acceptors (Lipinski definition) is 5. The van der Waals surface area contributed by atoms with Crippen LogP contribution in [-0.4, -0.2) is 63.1 Å². The highest BCUT2D eigenvalue weighted by Crippen LogP contribution is 2.30. The molecule has 0 spiro atoms. The zero-order chi connectivity index (χ0) is 16.5. The molecule has 0 unspecified atom stereocenters. The molecule has 130 valence electrons. The molecular formula is C13H19Cl2N3O4S. The van der Waals surface area contributed by atoms with Crippen LogP contribution in [0.3, 0.4) is 0 Å². The Kier molecular flexibility index (Phi) is 6.52. The van der Waals surface area contributed by atoms with Crippen LogP contribution in [0.25, 0.3) is 0 Å². The Morgan fingerprint density at radius 3 is 2.30 bits per heavy atom. The van der Waals surface area contributed by atoms with Gasteiger partial charge in [0, 0.05) is 32.2 Å². The molecule has 0 aromatic heterocycles. The smallest absolute Gasteiger partial charge is 0.257 e. The van der Waals surface area contributed by atoms with Crippen molar-refractivity contribution in [2.24, 2.45) is 0 Å². The number of amides is 1. The fourth-order valence-corrected chi connectivity index (χ4v) is 3.29. The summed E-state index contributed by atoms with van der Waals surface area (Å²) in [4.78, 5) is 14.2. The van der Waals surface area contributed by atoms with E-state index in [2.05, 4.69) is 0 Å². The number of sulfonamides is 1. The topological polar surface area (TPSA) is 92.9 Å². The molecular weight excluding hydrogens is 365 g/mol. The summed E-state index contributed by atoms with van der Waals surface area (Å²) in [6.45, 7) is 1.18. The van der Waals surface area contributed by atoms with Crippen LogP contribution in [0.2, 0.25) is 5.02 Å². The maximum atomic E-state index is 12.6. The number of methoxy groups -OCH3 is 1. The van der Waals surface area contributed by atoms with Gasteiger partial charge in [-0.05, 0) is 6.07 Å². The predicted octanol–water partition coefficient (Wildman–Crippen LogP) is 1.07. The van der Waals surface area contributed by atoms with Crippen LogP contribution in [-0.2, 0) is 10.0 Å². The normalized spacial score (nSPS) is 15.9. The van der Waals surface area contributed by atoms with Gasteiger partial charge in [0.05, 0.1) is 29.6 Å². The highest BCUT2D eigenvalue weighted by Gasteiger charge is 2.28. The number of nitrogens with zero attached hydrogens (tertiary/aromatic N) is 2. The molecule has 0 radical (unpaired) electrons. The maximum Gasteiger partial charge on any atom is 0.257 e. The van der Waals surface area contributed by atoms with Crippen LogP contribution in [0, 0.1) is 0 Å². The first-order chi connectivity index (χ1) is 10.2. The second-order valence-corrected chi connectivity index (χ2v) is 7.42. The zero-order valence-corrected chi connectivity index (χ0v) is 15.2. The number of nitrogens with two attached hydrogens (primary N) is 1.